The second kappa shape index (κ2) is 6.07. The highest BCUT2D eigenvalue weighted by atomic mass is 16.6. The fraction of sp³-hybridized carbons (Fsp3) is 0.250. The third-order valence-electron chi connectivity index (χ3n) is 3.25. The van der Waals surface area contributed by atoms with Crippen LogP contribution in [0.2, 0.25) is 0 Å². The van der Waals surface area contributed by atoms with E-state index in [9.17, 15) is 4.79 Å². The van der Waals surface area contributed by atoms with Crippen molar-refractivity contribution in [2.75, 3.05) is 0 Å². The van der Waals surface area contributed by atoms with Crippen molar-refractivity contribution in [3.8, 4) is 23.5 Å². The number of benzene rings is 2. The molecular weight excluding hydrogens is 272 g/mol. The summed E-state index contributed by atoms with van der Waals surface area (Å²) in [7, 11) is 0. The summed E-state index contributed by atoms with van der Waals surface area (Å²) in [6.45, 7) is 7.55. The van der Waals surface area contributed by atoms with Gasteiger partial charge in [0, 0.05) is 5.56 Å². The van der Waals surface area contributed by atoms with Gasteiger partial charge in [0.2, 0.25) is 0 Å². The molecule has 0 atom stereocenters. The Balaban J connectivity index is 2.26. The van der Waals surface area contributed by atoms with E-state index in [2.05, 4.69) is 5.92 Å². The Labute approximate surface area is 132 Å². The molecule has 0 aromatic heterocycles. The van der Waals surface area contributed by atoms with Gasteiger partial charge < -0.3 is 4.74 Å². The predicted octanol–water partition coefficient (Wildman–Crippen LogP) is 4.60. The molecule has 0 saturated carbocycles. The molecule has 0 N–H and O–H groups in total. The number of carbonyl (C=O) groups excluding carboxylic acids is 1. The first kappa shape index (κ1) is 15.9. The highest BCUT2D eigenvalue weighted by Crippen LogP contribution is 2.23. The van der Waals surface area contributed by atoms with Crippen LogP contribution in [-0.4, -0.2) is 11.6 Å². The average molecular weight is 292 g/mol. The van der Waals surface area contributed by atoms with Crippen LogP contribution in [0.15, 0.2) is 42.5 Å². The number of carbonyl (C=O) groups is 1. The van der Waals surface area contributed by atoms with Gasteiger partial charge in [-0.2, -0.15) is 0 Å². The number of hydrogen-bond acceptors (Lipinski definition) is 2. The molecule has 0 unspecified atom stereocenters. The van der Waals surface area contributed by atoms with Crippen LogP contribution in [0.4, 0.5) is 0 Å². The average Bonchev–Trinajstić information content (AvgIpc) is 2.46. The molecule has 0 fully saturated rings. The molecule has 22 heavy (non-hydrogen) atoms. The van der Waals surface area contributed by atoms with Crippen LogP contribution in [0.25, 0.3) is 11.1 Å². The first-order valence-corrected chi connectivity index (χ1v) is 7.21. The van der Waals surface area contributed by atoms with E-state index in [4.69, 9.17) is 11.2 Å². The molecule has 0 saturated heterocycles. The van der Waals surface area contributed by atoms with Crippen LogP contribution in [0.5, 0.6) is 0 Å². The highest BCUT2D eigenvalue weighted by Gasteiger charge is 2.17. The van der Waals surface area contributed by atoms with Gasteiger partial charge in [-0.1, -0.05) is 30.2 Å². The Morgan fingerprint density at radius 1 is 1.05 bits per heavy atom. The van der Waals surface area contributed by atoms with Crippen molar-refractivity contribution in [2.24, 2.45) is 0 Å². The monoisotopic (exact) mass is 292 g/mol. The molecule has 0 amide bonds. The molecule has 0 aliphatic carbocycles. The van der Waals surface area contributed by atoms with Crippen molar-refractivity contribution in [3.05, 3.63) is 59.2 Å². The van der Waals surface area contributed by atoms with Crippen molar-refractivity contribution in [1.82, 2.24) is 0 Å². The Kier molecular flexibility index (Phi) is 4.37. The Bertz CT molecular complexity index is 726. The summed E-state index contributed by atoms with van der Waals surface area (Å²) in [6.07, 6.45) is 5.51. The molecule has 2 rings (SSSR count). The number of hydrogen-bond donors (Lipinski definition) is 0. The van der Waals surface area contributed by atoms with Gasteiger partial charge in [0.1, 0.15) is 5.60 Å². The second-order valence-corrected chi connectivity index (χ2v) is 6.25. The van der Waals surface area contributed by atoms with Gasteiger partial charge in [-0.05, 0) is 62.6 Å². The molecule has 2 aromatic rings. The molecule has 2 nitrogen and oxygen atoms in total. The van der Waals surface area contributed by atoms with Crippen LogP contribution < -0.4 is 0 Å². The minimum absolute atomic E-state index is 0.313. The molecule has 2 heteroatoms. The standard InChI is InChI=1S/C20H20O2/c1-6-15-13-18(8-7-14(15)2)16-9-11-17(12-10-16)19(21)22-20(3,4)5/h1,7-13H,2-5H3. The van der Waals surface area contributed by atoms with Crippen molar-refractivity contribution in [3.63, 3.8) is 0 Å². The van der Waals surface area contributed by atoms with Crippen LogP contribution in [0, 0.1) is 19.3 Å². The number of ether oxygens (including phenoxy) is 1. The summed E-state index contributed by atoms with van der Waals surface area (Å²) in [5.74, 6) is 2.37. The number of aryl methyl sites for hydroxylation is 1. The largest absolute Gasteiger partial charge is 0.456 e. The minimum atomic E-state index is -0.492. The summed E-state index contributed by atoms with van der Waals surface area (Å²) in [6, 6.07) is 13.4. The van der Waals surface area contributed by atoms with Crippen LogP contribution in [-0.2, 0) is 4.74 Å². The zero-order valence-corrected chi connectivity index (χ0v) is 13.4. The lowest BCUT2D eigenvalue weighted by Crippen LogP contribution is -2.23. The molecule has 0 bridgehead atoms. The maximum atomic E-state index is 12.0. The van der Waals surface area contributed by atoms with E-state index >= 15 is 0 Å². The molecule has 112 valence electrons. The fourth-order valence-electron chi connectivity index (χ4n) is 2.09. The molecule has 0 aliphatic heterocycles. The van der Waals surface area contributed by atoms with Gasteiger partial charge in [-0.25, -0.2) is 4.79 Å². The summed E-state index contributed by atoms with van der Waals surface area (Å²) in [4.78, 5) is 12.0. The first-order valence-electron chi connectivity index (χ1n) is 7.21. The summed E-state index contributed by atoms with van der Waals surface area (Å²) in [5.41, 5.74) is 4.07. The predicted molar refractivity (Wildman–Crippen MR) is 89.7 cm³/mol. The van der Waals surface area contributed by atoms with Crippen molar-refractivity contribution in [1.29, 1.82) is 0 Å². The van der Waals surface area contributed by atoms with E-state index in [1.807, 2.05) is 58.0 Å². The number of rotatable bonds is 2. The van der Waals surface area contributed by atoms with E-state index in [1.54, 1.807) is 12.1 Å². The van der Waals surface area contributed by atoms with E-state index < -0.39 is 5.60 Å². The van der Waals surface area contributed by atoms with Crippen LogP contribution in [0.1, 0.15) is 42.3 Å². The lowest BCUT2D eigenvalue weighted by molar-refractivity contribution is 0.00696. The quantitative estimate of drug-likeness (QED) is 0.597. The van der Waals surface area contributed by atoms with Gasteiger partial charge in [-0.15, -0.1) is 6.42 Å². The Hall–Kier alpha value is -2.53. The third-order valence-corrected chi connectivity index (χ3v) is 3.25. The maximum Gasteiger partial charge on any atom is 0.338 e. The number of esters is 1. The van der Waals surface area contributed by atoms with Gasteiger partial charge in [0.15, 0.2) is 0 Å². The maximum absolute atomic E-state index is 12.0. The van der Waals surface area contributed by atoms with Gasteiger partial charge in [0.25, 0.3) is 0 Å². The smallest absolute Gasteiger partial charge is 0.338 e. The molecule has 0 aliphatic rings. The molecule has 0 spiro atoms. The van der Waals surface area contributed by atoms with Gasteiger partial charge in [0.05, 0.1) is 5.56 Å². The summed E-state index contributed by atoms with van der Waals surface area (Å²) in [5, 5.41) is 0. The van der Waals surface area contributed by atoms with Gasteiger partial charge >= 0.3 is 5.97 Å². The fourth-order valence-corrected chi connectivity index (χ4v) is 2.09. The Morgan fingerprint density at radius 2 is 1.64 bits per heavy atom. The van der Waals surface area contributed by atoms with Gasteiger partial charge in [-0.3, -0.25) is 0 Å². The minimum Gasteiger partial charge on any atom is -0.456 e. The summed E-state index contributed by atoms with van der Waals surface area (Å²) < 4.78 is 5.36. The normalized spacial score (nSPS) is 10.9. The highest BCUT2D eigenvalue weighted by molar-refractivity contribution is 5.90. The first-order chi connectivity index (χ1) is 10.3. The van der Waals surface area contributed by atoms with Crippen LogP contribution in [0.3, 0.4) is 0 Å². The van der Waals surface area contributed by atoms with Crippen molar-refractivity contribution >= 4 is 5.97 Å². The SMILES string of the molecule is C#Cc1cc(-c2ccc(C(=O)OC(C)(C)C)cc2)ccc1C. The van der Waals surface area contributed by atoms with E-state index in [0.717, 1.165) is 22.3 Å². The zero-order chi connectivity index (χ0) is 16.3. The van der Waals surface area contributed by atoms with Crippen LogP contribution >= 0.6 is 0 Å². The lowest BCUT2D eigenvalue weighted by Gasteiger charge is -2.19. The molecule has 0 radical (unpaired) electrons. The van der Waals surface area contributed by atoms with Crippen molar-refractivity contribution in [2.45, 2.75) is 33.3 Å². The number of terminal acetylenes is 1. The van der Waals surface area contributed by atoms with E-state index in [-0.39, 0.29) is 5.97 Å². The molecule has 0 heterocycles. The zero-order valence-electron chi connectivity index (χ0n) is 13.4. The van der Waals surface area contributed by atoms with E-state index in [1.165, 1.54) is 0 Å². The molecule has 2 aromatic carbocycles. The third kappa shape index (κ3) is 3.77. The Morgan fingerprint density at radius 3 is 2.18 bits per heavy atom. The molecular formula is C20H20O2. The van der Waals surface area contributed by atoms with Crippen molar-refractivity contribution < 1.29 is 9.53 Å². The second-order valence-electron chi connectivity index (χ2n) is 6.25. The van der Waals surface area contributed by atoms with E-state index in [0.29, 0.717) is 5.56 Å². The summed E-state index contributed by atoms with van der Waals surface area (Å²) >= 11 is 0. The topological polar surface area (TPSA) is 26.3 Å². The lowest BCUT2D eigenvalue weighted by atomic mass is 9.99.